The van der Waals surface area contributed by atoms with Crippen molar-refractivity contribution >= 4 is 5.91 Å². The van der Waals surface area contributed by atoms with Gasteiger partial charge >= 0.3 is 0 Å². The van der Waals surface area contributed by atoms with Crippen molar-refractivity contribution in [1.29, 1.82) is 0 Å². The van der Waals surface area contributed by atoms with Crippen LogP contribution in [-0.2, 0) is 11.3 Å². The number of carbonyl (C=O) groups excluding carboxylic acids is 1. The molecule has 1 aromatic carbocycles. The number of benzene rings is 1. The lowest BCUT2D eigenvalue weighted by Crippen LogP contribution is -2.34. The van der Waals surface area contributed by atoms with Crippen molar-refractivity contribution in [3.05, 3.63) is 29.8 Å². The molecule has 0 aliphatic heterocycles. The summed E-state index contributed by atoms with van der Waals surface area (Å²) in [6.45, 7) is 4.35. The first-order valence-electron chi connectivity index (χ1n) is 6.09. The van der Waals surface area contributed by atoms with Gasteiger partial charge in [-0.1, -0.05) is 12.1 Å². The van der Waals surface area contributed by atoms with Crippen LogP contribution in [0.2, 0.25) is 0 Å². The lowest BCUT2D eigenvalue weighted by atomic mass is 10.00. The maximum atomic E-state index is 11.6. The Hall–Kier alpha value is -1.55. The number of methoxy groups -OCH3 is 1. The number of ether oxygens (including phenoxy) is 1. The molecule has 1 rings (SSSR count). The second-order valence-corrected chi connectivity index (χ2v) is 5.12. The van der Waals surface area contributed by atoms with Crippen LogP contribution in [0.15, 0.2) is 24.3 Å². The highest BCUT2D eigenvalue weighted by Crippen LogP contribution is 2.12. The summed E-state index contributed by atoms with van der Waals surface area (Å²) >= 11 is 0. The van der Waals surface area contributed by atoms with Crippen LogP contribution in [0.1, 0.15) is 32.3 Å². The van der Waals surface area contributed by atoms with Gasteiger partial charge < -0.3 is 15.8 Å². The van der Waals surface area contributed by atoms with Crippen molar-refractivity contribution in [3.8, 4) is 5.75 Å². The topological polar surface area (TPSA) is 64.3 Å². The van der Waals surface area contributed by atoms with E-state index >= 15 is 0 Å². The van der Waals surface area contributed by atoms with E-state index in [1.54, 1.807) is 7.11 Å². The van der Waals surface area contributed by atoms with Gasteiger partial charge in [0.15, 0.2) is 0 Å². The van der Waals surface area contributed by atoms with Crippen LogP contribution in [-0.4, -0.2) is 18.6 Å². The van der Waals surface area contributed by atoms with E-state index < -0.39 is 0 Å². The largest absolute Gasteiger partial charge is 0.497 e. The molecule has 1 aromatic rings. The molecule has 0 unspecified atom stereocenters. The van der Waals surface area contributed by atoms with E-state index in [1.807, 2.05) is 38.1 Å². The summed E-state index contributed by atoms with van der Waals surface area (Å²) in [5.41, 5.74) is 6.56. The minimum absolute atomic E-state index is 0.0244. The van der Waals surface area contributed by atoms with E-state index in [4.69, 9.17) is 10.5 Å². The normalized spacial score (nSPS) is 11.1. The molecule has 0 atom stereocenters. The van der Waals surface area contributed by atoms with E-state index in [2.05, 4.69) is 5.32 Å². The highest BCUT2D eigenvalue weighted by atomic mass is 16.5. The fraction of sp³-hybridized carbons (Fsp3) is 0.500. The van der Waals surface area contributed by atoms with Crippen molar-refractivity contribution in [2.45, 2.75) is 38.8 Å². The Morgan fingerprint density at radius 1 is 1.44 bits per heavy atom. The van der Waals surface area contributed by atoms with E-state index in [9.17, 15) is 4.79 Å². The Morgan fingerprint density at radius 3 is 2.78 bits per heavy atom. The molecule has 0 saturated heterocycles. The SMILES string of the molecule is COc1cccc(CNC(=O)CCC(C)(C)N)c1. The Kier molecular flexibility index (Phi) is 5.16. The minimum Gasteiger partial charge on any atom is -0.497 e. The second-order valence-electron chi connectivity index (χ2n) is 5.12. The molecule has 0 fully saturated rings. The maximum absolute atomic E-state index is 11.6. The fourth-order valence-corrected chi connectivity index (χ4v) is 1.51. The Bertz CT molecular complexity index is 397. The first-order chi connectivity index (χ1) is 8.40. The molecule has 0 spiro atoms. The molecule has 18 heavy (non-hydrogen) atoms. The molecule has 4 heteroatoms. The number of nitrogens with one attached hydrogen (secondary N) is 1. The summed E-state index contributed by atoms with van der Waals surface area (Å²) in [5, 5.41) is 2.87. The van der Waals surface area contributed by atoms with Crippen molar-refractivity contribution < 1.29 is 9.53 Å². The predicted molar refractivity (Wildman–Crippen MR) is 72.3 cm³/mol. The van der Waals surface area contributed by atoms with Gasteiger partial charge in [0.2, 0.25) is 5.91 Å². The van der Waals surface area contributed by atoms with Crippen LogP contribution in [0, 0.1) is 0 Å². The standard InChI is InChI=1S/C14H22N2O2/c1-14(2,15)8-7-13(17)16-10-11-5-4-6-12(9-11)18-3/h4-6,9H,7-8,10,15H2,1-3H3,(H,16,17). The van der Waals surface area contributed by atoms with E-state index in [0.29, 0.717) is 19.4 Å². The lowest BCUT2D eigenvalue weighted by molar-refractivity contribution is -0.121. The maximum Gasteiger partial charge on any atom is 0.220 e. The molecular weight excluding hydrogens is 228 g/mol. The molecule has 0 heterocycles. The molecule has 0 aliphatic rings. The highest BCUT2D eigenvalue weighted by molar-refractivity contribution is 5.75. The molecule has 0 bridgehead atoms. The Balaban J connectivity index is 2.38. The lowest BCUT2D eigenvalue weighted by Gasteiger charge is -2.17. The third-order valence-electron chi connectivity index (χ3n) is 2.62. The molecule has 100 valence electrons. The number of amides is 1. The summed E-state index contributed by atoms with van der Waals surface area (Å²) in [6, 6.07) is 7.65. The number of hydrogen-bond acceptors (Lipinski definition) is 3. The summed E-state index contributed by atoms with van der Waals surface area (Å²) < 4.78 is 5.12. The quantitative estimate of drug-likeness (QED) is 0.809. The summed E-state index contributed by atoms with van der Waals surface area (Å²) in [6.07, 6.45) is 1.13. The van der Waals surface area contributed by atoms with Gasteiger partial charge in [-0.25, -0.2) is 0 Å². The number of nitrogens with two attached hydrogens (primary N) is 1. The van der Waals surface area contributed by atoms with Gasteiger partial charge in [0.05, 0.1) is 7.11 Å². The first-order valence-corrected chi connectivity index (χ1v) is 6.09. The van der Waals surface area contributed by atoms with Gasteiger partial charge in [0, 0.05) is 18.5 Å². The van der Waals surface area contributed by atoms with Gasteiger partial charge in [-0.3, -0.25) is 4.79 Å². The van der Waals surface area contributed by atoms with Gasteiger partial charge in [-0.2, -0.15) is 0 Å². The highest BCUT2D eigenvalue weighted by Gasteiger charge is 2.12. The van der Waals surface area contributed by atoms with E-state index in [0.717, 1.165) is 11.3 Å². The molecule has 0 aliphatic carbocycles. The number of hydrogen-bond donors (Lipinski definition) is 2. The van der Waals surface area contributed by atoms with Crippen LogP contribution in [0.25, 0.3) is 0 Å². The van der Waals surface area contributed by atoms with Crippen molar-refractivity contribution in [2.24, 2.45) is 5.73 Å². The molecule has 0 aromatic heterocycles. The van der Waals surface area contributed by atoms with Crippen LogP contribution >= 0.6 is 0 Å². The zero-order valence-electron chi connectivity index (χ0n) is 11.3. The van der Waals surface area contributed by atoms with Crippen LogP contribution in [0.4, 0.5) is 0 Å². The average Bonchev–Trinajstić information content (AvgIpc) is 2.33. The van der Waals surface area contributed by atoms with E-state index in [1.165, 1.54) is 0 Å². The third kappa shape index (κ3) is 5.68. The van der Waals surface area contributed by atoms with E-state index in [-0.39, 0.29) is 11.4 Å². The molecular formula is C14H22N2O2. The van der Waals surface area contributed by atoms with Crippen LogP contribution in [0.5, 0.6) is 5.75 Å². The molecule has 0 radical (unpaired) electrons. The van der Waals surface area contributed by atoms with Gasteiger partial charge in [0.25, 0.3) is 0 Å². The zero-order valence-corrected chi connectivity index (χ0v) is 11.3. The monoisotopic (exact) mass is 250 g/mol. The molecule has 0 saturated carbocycles. The van der Waals surface area contributed by atoms with Gasteiger partial charge in [0.1, 0.15) is 5.75 Å². The summed E-state index contributed by atoms with van der Waals surface area (Å²) in [4.78, 5) is 11.6. The minimum atomic E-state index is -0.298. The number of rotatable bonds is 6. The predicted octanol–water partition coefficient (Wildman–Crippen LogP) is 1.83. The molecule has 4 nitrogen and oxygen atoms in total. The fourth-order valence-electron chi connectivity index (χ4n) is 1.51. The molecule has 3 N–H and O–H groups in total. The van der Waals surface area contributed by atoms with Crippen molar-refractivity contribution in [3.63, 3.8) is 0 Å². The Morgan fingerprint density at radius 2 is 2.17 bits per heavy atom. The number of carbonyl (C=O) groups is 1. The average molecular weight is 250 g/mol. The van der Waals surface area contributed by atoms with Gasteiger partial charge in [-0.15, -0.1) is 0 Å². The summed E-state index contributed by atoms with van der Waals surface area (Å²) in [7, 11) is 1.63. The first kappa shape index (κ1) is 14.5. The summed E-state index contributed by atoms with van der Waals surface area (Å²) in [5.74, 6) is 0.821. The van der Waals surface area contributed by atoms with Gasteiger partial charge in [-0.05, 0) is 38.0 Å². The van der Waals surface area contributed by atoms with Crippen molar-refractivity contribution in [1.82, 2.24) is 5.32 Å². The zero-order chi connectivity index (χ0) is 13.6. The van der Waals surface area contributed by atoms with Crippen LogP contribution < -0.4 is 15.8 Å². The third-order valence-corrected chi connectivity index (χ3v) is 2.62. The second kappa shape index (κ2) is 6.40. The van der Waals surface area contributed by atoms with Crippen LogP contribution in [0.3, 0.4) is 0 Å². The van der Waals surface area contributed by atoms with Crippen molar-refractivity contribution in [2.75, 3.05) is 7.11 Å². The molecule has 1 amide bonds. The smallest absolute Gasteiger partial charge is 0.220 e. The Labute approximate surface area is 109 Å².